The van der Waals surface area contributed by atoms with Crippen LogP contribution in [-0.2, 0) is 19.6 Å². The van der Waals surface area contributed by atoms with Crippen molar-refractivity contribution >= 4 is 27.7 Å². The highest BCUT2D eigenvalue weighted by Crippen LogP contribution is 2.27. The molecule has 1 fully saturated rings. The van der Waals surface area contributed by atoms with E-state index in [0.29, 0.717) is 32.7 Å². The van der Waals surface area contributed by atoms with Gasteiger partial charge in [-0.2, -0.15) is 0 Å². The molecule has 11 heteroatoms. The van der Waals surface area contributed by atoms with Crippen LogP contribution in [-0.4, -0.2) is 63.4 Å². The highest BCUT2D eigenvalue weighted by molar-refractivity contribution is 7.89. The van der Waals surface area contributed by atoms with Gasteiger partial charge in [-0.1, -0.05) is 0 Å². The molecule has 1 aliphatic rings. The number of nitro benzene ring substituents is 1. The average Bonchev–Trinajstić information content (AvgIpc) is 2.57. The summed E-state index contributed by atoms with van der Waals surface area (Å²) in [6.07, 6.45) is 1.11. The fourth-order valence-corrected chi connectivity index (χ4v) is 3.09. The minimum absolute atomic E-state index is 0.186. The molecule has 1 saturated heterocycles. The van der Waals surface area contributed by atoms with E-state index in [0.717, 1.165) is 18.9 Å². The summed E-state index contributed by atoms with van der Waals surface area (Å²) in [4.78, 5) is 22.7. The van der Waals surface area contributed by atoms with E-state index >= 15 is 0 Å². The summed E-state index contributed by atoms with van der Waals surface area (Å²) in [5.74, 6) is 0. The molecule has 1 atom stereocenters. The molecular formula is C14H20N4O6S. The number of primary sulfonamides is 1. The maximum absolute atomic E-state index is 11.3. The second-order valence-electron chi connectivity index (χ2n) is 5.61. The zero-order valence-corrected chi connectivity index (χ0v) is 14.3. The number of aldehydes is 1. The van der Waals surface area contributed by atoms with Crippen molar-refractivity contribution in [3.05, 3.63) is 28.3 Å². The van der Waals surface area contributed by atoms with E-state index in [2.05, 4.69) is 10.2 Å². The lowest BCUT2D eigenvalue weighted by Gasteiger charge is -2.32. The van der Waals surface area contributed by atoms with E-state index in [-0.39, 0.29) is 22.4 Å². The van der Waals surface area contributed by atoms with Gasteiger partial charge in [0, 0.05) is 38.7 Å². The maximum atomic E-state index is 11.3. The predicted molar refractivity (Wildman–Crippen MR) is 89.8 cm³/mol. The largest absolute Gasteiger partial charge is 0.377 e. The summed E-state index contributed by atoms with van der Waals surface area (Å²) < 4.78 is 28.3. The molecule has 2 rings (SSSR count). The third-order valence-electron chi connectivity index (χ3n) is 3.80. The van der Waals surface area contributed by atoms with Crippen molar-refractivity contribution in [2.24, 2.45) is 5.14 Å². The Labute approximate surface area is 145 Å². The molecule has 0 aliphatic carbocycles. The molecule has 25 heavy (non-hydrogen) atoms. The van der Waals surface area contributed by atoms with Crippen LogP contribution in [0.15, 0.2) is 23.1 Å². The normalized spacial score (nSPS) is 18.7. The first-order valence-corrected chi connectivity index (χ1v) is 9.18. The Morgan fingerprint density at radius 1 is 1.48 bits per heavy atom. The second kappa shape index (κ2) is 8.34. The average molecular weight is 372 g/mol. The summed E-state index contributed by atoms with van der Waals surface area (Å²) in [6, 6.07) is 3.45. The SMILES string of the molecule is NS(=O)(=O)c1ccc(NC[C@H]2CN(CCC=O)CCO2)c([N+](=O)[O-])c1. The van der Waals surface area contributed by atoms with Gasteiger partial charge in [-0.05, 0) is 12.1 Å². The van der Waals surface area contributed by atoms with E-state index in [9.17, 15) is 23.3 Å². The molecule has 1 aromatic rings. The van der Waals surface area contributed by atoms with E-state index in [1.165, 1.54) is 12.1 Å². The minimum atomic E-state index is -4.02. The molecule has 0 unspecified atom stereocenters. The van der Waals surface area contributed by atoms with Crippen molar-refractivity contribution in [3.63, 3.8) is 0 Å². The summed E-state index contributed by atoms with van der Waals surface area (Å²) in [6.45, 7) is 2.80. The van der Waals surface area contributed by atoms with Gasteiger partial charge >= 0.3 is 0 Å². The van der Waals surface area contributed by atoms with Gasteiger partial charge in [-0.3, -0.25) is 15.0 Å². The quantitative estimate of drug-likeness (QED) is 0.367. The van der Waals surface area contributed by atoms with Crippen LogP contribution in [0.2, 0.25) is 0 Å². The fourth-order valence-electron chi connectivity index (χ4n) is 2.56. The topological polar surface area (TPSA) is 145 Å². The molecular weight excluding hydrogens is 352 g/mol. The Morgan fingerprint density at radius 2 is 2.24 bits per heavy atom. The predicted octanol–water partition coefficient (Wildman–Crippen LogP) is -0.0561. The number of ether oxygens (including phenoxy) is 1. The van der Waals surface area contributed by atoms with Crippen LogP contribution in [0, 0.1) is 10.1 Å². The van der Waals surface area contributed by atoms with Crippen molar-refractivity contribution in [2.45, 2.75) is 17.4 Å². The summed E-state index contributed by atoms with van der Waals surface area (Å²) in [7, 11) is -4.02. The number of sulfonamides is 1. The van der Waals surface area contributed by atoms with Crippen LogP contribution < -0.4 is 10.5 Å². The standard InChI is InChI=1S/C14H20N4O6S/c15-25(22,23)12-2-3-13(14(8-12)18(20)21)16-9-11-10-17(4-1-6-19)5-7-24-11/h2-3,6,8,11,16H,1,4-5,7,9-10H2,(H2,15,22,23)/t11-/m0/s1. The van der Waals surface area contributed by atoms with Crippen molar-refractivity contribution in [1.29, 1.82) is 0 Å². The summed E-state index contributed by atoms with van der Waals surface area (Å²) in [5.41, 5.74) is -0.189. The third-order valence-corrected chi connectivity index (χ3v) is 4.71. The lowest BCUT2D eigenvalue weighted by Crippen LogP contribution is -2.45. The van der Waals surface area contributed by atoms with Crippen molar-refractivity contribution in [1.82, 2.24) is 4.90 Å². The number of carbonyl (C=O) groups excluding carboxylic acids is 1. The Morgan fingerprint density at radius 3 is 2.88 bits per heavy atom. The fraction of sp³-hybridized carbons (Fsp3) is 0.500. The van der Waals surface area contributed by atoms with Crippen molar-refractivity contribution in [3.8, 4) is 0 Å². The number of benzene rings is 1. The molecule has 0 saturated carbocycles. The Kier molecular flexibility index (Phi) is 6.42. The monoisotopic (exact) mass is 372 g/mol. The minimum Gasteiger partial charge on any atom is -0.377 e. The van der Waals surface area contributed by atoms with Crippen LogP contribution in [0.1, 0.15) is 6.42 Å². The maximum Gasteiger partial charge on any atom is 0.293 e. The smallest absolute Gasteiger partial charge is 0.293 e. The van der Waals surface area contributed by atoms with Crippen molar-refractivity contribution < 1.29 is 22.9 Å². The number of nitrogens with one attached hydrogen (secondary N) is 1. The molecule has 0 radical (unpaired) electrons. The molecule has 1 heterocycles. The molecule has 10 nitrogen and oxygen atoms in total. The van der Waals surface area contributed by atoms with Gasteiger partial charge in [0.05, 0.1) is 22.5 Å². The number of nitro groups is 1. The van der Waals surface area contributed by atoms with Crippen molar-refractivity contribution in [2.75, 3.05) is 38.1 Å². The number of hydrogen-bond donors (Lipinski definition) is 2. The molecule has 1 aliphatic heterocycles. The number of morpholine rings is 1. The highest BCUT2D eigenvalue weighted by Gasteiger charge is 2.23. The highest BCUT2D eigenvalue weighted by atomic mass is 32.2. The van der Waals surface area contributed by atoms with Crippen LogP contribution in [0.3, 0.4) is 0 Å². The second-order valence-corrected chi connectivity index (χ2v) is 7.17. The van der Waals surface area contributed by atoms with E-state index in [1.54, 1.807) is 0 Å². The zero-order valence-electron chi connectivity index (χ0n) is 13.5. The molecule has 3 N–H and O–H groups in total. The Bertz CT molecular complexity index is 739. The van der Waals surface area contributed by atoms with Gasteiger partial charge in [0.2, 0.25) is 10.0 Å². The number of nitrogens with zero attached hydrogens (tertiary/aromatic N) is 2. The van der Waals surface area contributed by atoms with Gasteiger partial charge in [-0.15, -0.1) is 0 Å². The molecule has 0 aromatic heterocycles. The lowest BCUT2D eigenvalue weighted by atomic mass is 10.2. The van der Waals surface area contributed by atoms with E-state index in [4.69, 9.17) is 9.88 Å². The van der Waals surface area contributed by atoms with Crippen LogP contribution in [0.5, 0.6) is 0 Å². The molecule has 138 valence electrons. The van der Waals surface area contributed by atoms with E-state index < -0.39 is 14.9 Å². The Hall–Kier alpha value is -2.08. The van der Waals surface area contributed by atoms with Crippen LogP contribution in [0.25, 0.3) is 0 Å². The molecule has 0 spiro atoms. The van der Waals surface area contributed by atoms with Crippen LogP contribution >= 0.6 is 0 Å². The molecule has 1 aromatic carbocycles. The lowest BCUT2D eigenvalue weighted by molar-refractivity contribution is -0.384. The number of rotatable bonds is 8. The van der Waals surface area contributed by atoms with Gasteiger partial charge < -0.3 is 14.8 Å². The van der Waals surface area contributed by atoms with Gasteiger partial charge in [0.15, 0.2) is 0 Å². The van der Waals surface area contributed by atoms with Gasteiger partial charge in [0.1, 0.15) is 12.0 Å². The third kappa shape index (κ3) is 5.46. The van der Waals surface area contributed by atoms with Gasteiger partial charge in [0.25, 0.3) is 5.69 Å². The summed E-state index contributed by atoms with van der Waals surface area (Å²) >= 11 is 0. The van der Waals surface area contributed by atoms with E-state index in [1.807, 2.05) is 0 Å². The number of carbonyl (C=O) groups is 1. The number of anilines is 1. The zero-order chi connectivity index (χ0) is 18.4. The first kappa shape index (κ1) is 19.2. The Balaban J connectivity index is 2.04. The molecule has 0 bridgehead atoms. The first-order chi connectivity index (χ1) is 11.8. The number of hydrogen-bond acceptors (Lipinski definition) is 8. The summed E-state index contributed by atoms with van der Waals surface area (Å²) in [5, 5.41) is 19.1. The van der Waals surface area contributed by atoms with Crippen LogP contribution in [0.4, 0.5) is 11.4 Å². The molecule has 0 amide bonds. The first-order valence-electron chi connectivity index (χ1n) is 7.64. The van der Waals surface area contributed by atoms with Gasteiger partial charge in [-0.25, -0.2) is 13.6 Å². The number of nitrogens with two attached hydrogens (primary N) is 1.